The van der Waals surface area contributed by atoms with Crippen LogP contribution in [0, 0.1) is 29.1 Å². The number of rotatable bonds is 3. The minimum Gasteiger partial charge on any atom is -0.478 e. The Morgan fingerprint density at radius 3 is 1.78 bits per heavy atom. The zero-order valence-electron chi connectivity index (χ0n) is 9.03. The quantitative estimate of drug-likeness (QED) is 0.395. The molecule has 1 aromatic rings. The number of carbonyl (C=O) groups is 1. The standard InChI is InChI=1S/C11H7F5O2/c1-4(11(17)18)2-3-5-6(12)8(14)10(16)9(15)7(5)13/h2H,3H2,1H3,(H,17,18)/b4-2+. The molecule has 0 bridgehead atoms. The zero-order chi connectivity index (χ0) is 14.0. The third-order valence-electron chi connectivity index (χ3n) is 2.25. The molecule has 0 atom stereocenters. The van der Waals surface area contributed by atoms with Gasteiger partial charge in [-0.1, -0.05) is 6.08 Å². The molecule has 98 valence electrons. The fourth-order valence-electron chi connectivity index (χ4n) is 1.17. The average Bonchev–Trinajstić information content (AvgIpc) is 2.33. The molecule has 0 unspecified atom stereocenters. The zero-order valence-corrected chi connectivity index (χ0v) is 9.03. The van der Waals surface area contributed by atoms with Gasteiger partial charge in [-0.05, 0) is 13.3 Å². The lowest BCUT2D eigenvalue weighted by Crippen LogP contribution is -2.07. The molecule has 1 N–H and O–H groups in total. The van der Waals surface area contributed by atoms with Gasteiger partial charge in [0.25, 0.3) is 0 Å². The molecule has 0 aliphatic heterocycles. The first-order valence-corrected chi connectivity index (χ1v) is 4.67. The lowest BCUT2D eigenvalue weighted by molar-refractivity contribution is -0.132. The second-order valence-electron chi connectivity index (χ2n) is 3.44. The van der Waals surface area contributed by atoms with Crippen LogP contribution in [-0.2, 0) is 11.2 Å². The molecule has 0 saturated heterocycles. The number of benzene rings is 1. The van der Waals surface area contributed by atoms with Crippen molar-refractivity contribution >= 4 is 5.97 Å². The smallest absolute Gasteiger partial charge is 0.330 e. The molecule has 0 heterocycles. The predicted octanol–water partition coefficient (Wildman–Crippen LogP) is 2.96. The Kier molecular flexibility index (Phi) is 4.05. The summed E-state index contributed by atoms with van der Waals surface area (Å²) in [6, 6.07) is 0. The summed E-state index contributed by atoms with van der Waals surface area (Å²) in [6.45, 7) is 1.13. The van der Waals surface area contributed by atoms with E-state index in [1.807, 2.05) is 0 Å². The van der Waals surface area contributed by atoms with Crippen LogP contribution in [-0.4, -0.2) is 11.1 Å². The first kappa shape index (κ1) is 14.1. The molecule has 0 radical (unpaired) electrons. The molecule has 18 heavy (non-hydrogen) atoms. The number of carboxylic acids is 1. The fourth-order valence-corrected chi connectivity index (χ4v) is 1.17. The van der Waals surface area contributed by atoms with Crippen LogP contribution in [0.2, 0.25) is 0 Å². The summed E-state index contributed by atoms with van der Waals surface area (Å²) >= 11 is 0. The highest BCUT2D eigenvalue weighted by atomic mass is 19.2. The van der Waals surface area contributed by atoms with Gasteiger partial charge in [-0.15, -0.1) is 0 Å². The third kappa shape index (κ3) is 2.49. The maximum atomic E-state index is 13.2. The molecule has 0 fully saturated rings. The van der Waals surface area contributed by atoms with E-state index in [0.29, 0.717) is 0 Å². The first-order valence-electron chi connectivity index (χ1n) is 4.67. The molecule has 7 heteroatoms. The van der Waals surface area contributed by atoms with Gasteiger partial charge >= 0.3 is 5.97 Å². The monoisotopic (exact) mass is 266 g/mol. The van der Waals surface area contributed by atoms with E-state index < -0.39 is 47.0 Å². The van der Waals surface area contributed by atoms with Crippen LogP contribution in [0.3, 0.4) is 0 Å². The Morgan fingerprint density at radius 1 is 1.00 bits per heavy atom. The van der Waals surface area contributed by atoms with Gasteiger partial charge in [-0.2, -0.15) is 0 Å². The lowest BCUT2D eigenvalue weighted by Gasteiger charge is -2.06. The van der Waals surface area contributed by atoms with Crippen LogP contribution in [0.1, 0.15) is 12.5 Å². The van der Waals surface area contributed by atoms with Crippen LogP contribution in [0.15, 0.2) is 11.6 Å². The van der Waals surface area contributed by atoms with E-state index in [1.54, 1.807) is 0 Å². The summed E-state index contributed by atoms with van der Waals surface area (Å²) in [7, 11) is 0. The summed E-state index contributed by atoms with van der Waals surface area (Å²) in [5.74, 6) is -11.6. The lowest BCUT2D eigenvalue weighted by atomic mass is 10.1. The summed E-state index contributed by atoms with van der Waals surface area (Å²) in [5, 5.41) is 8.49. The number of aliphatic carboxylic acids is 1. The molecule has 1 rings (SSSR count). The van der Waals surface area contributed by atoms with Gasteiger partial charge in [0.05, 0.1) is 0 Å². The van der Waals surface area contributed by atoms with Crippen LogP contribution < -0.4 is 0 Å². The van der Waals surface area contributed by atoms with Gasteiger partial charge < -0.3 is 5.11 Å². The van der Waals surface area contributed by atoms with E-state index in [-0.39, 0.29) is 5.57 Å². The van der Waals surface area contributed by atoms with Crippen molar-refractivity contribution in [3.8, 4) is 0 Å². The van der Waals surface area contributed by atoms with Crippen molar-refractivity contribution < 1.29 is 31.9 Å². The van der Waals surface area contributed by atoms with Gasteiger partial charge in [0.2, 0.25) is 5.82 Å². The van der Waals surface area contributed by atoms with Crippen LogP contribution in [0.5, 0.6) is 0 Å². The minimum atomic E-state index is -2.24. The number of carboxylic acid groups (broad SMARTS) is 1. The van der Waals surface area contributed by atoms with Gasteiger partial charge in [0, 0.05) is 11.1 Å². The van der Waals surface area contributed by atoms with Crippen molar-refractivity contribution in [1.82, 2.24) is 0 Å². The molecule has 0 aromatic heterocycles. The van der Waals surface area contributed by atoms with E-state index >= 15 is 0 Å². The molecular weight excluding hydrogens is 259 g/mol. The molecule has 2 nitrogen and oxygen atoms in total. The second-order valence-corrected chi connectivity index (χ2v) is 3.44. The molecule has 0 aliphatic rings. The highest BCUT2D eigenvalue weighted by Crippen LogP contribution is 2.23. The molecule has 0 aliphatic carbocycles. The highest BCUT2D eigenvalue weighted by Gasteiger charge is 2.24. The Hall–Kier alpha value is -1.92. The number of hydrogen-bond acceptors (Lipinski definition) is 1. The molecule has 1 aromatic carbocycles. The van der Waals surface area contributed by atoms with Gasteiger partial charge in [-0.25, -0.2) is 26.7 Å². The Bertz CT molecular complexity index is 508. The maximum absolute atomic E-state index is 13.2. The van der Waals surface area contributed by atoms with Crippen molar-refractivity contribution in [1.29, 1.82) is 0 Å². The Balaban J connectivity index is 3.27. The summed E-state index contributed by atoms with van der Waals surface area (Å²) in [4.78, 5) is 10.4. The van der Waals surface area contributed by atoms with E-state index in [1.165, 1.54) is 0 Å². The first-order chi connectivity index (χ1) is 8.27. The molecule has 0 amide bonds. The number of halogens is 5. The van der Waals surface area contributed by atoms with E-state index in [9.17, 15) is 26.7 Å². The van der Waals surface area contributed by atoms with Gasteiger partial charge in [0.1, 0.15) is 0 Å². The van der Waals surface area contributed by atoms with E-state index in [0.717, 1.165) is 13.0 Å². The topological polar surface area (TPSA) is 37.3 Å². The average molecular weight is 266 g/mol. The van der Waals surface area contributed by atoms with Gasteiger partial charge in [0.15, 0.2) is 23.3 Å². The Morgan fingerprint density at radius 2 is 1.39 bits per heavy atom. The third-order valence-corrected chi connectivity index (χ3v) is 2.25. The fraction of sp³-hybridized carbons (Fsp3) is 0.182. The van der Waals surface area contributed by atoms with Crippen molar-refractivity contribution in [2.24, 2.45) is 0 Å². The molecule has 0 saturated carbocycles. The van der Waals surface area contributed by atoms with Crippen molar-refractivity contribution in [3.05, 3.63) is 46.3 Å². The number of hydrogen-bond donors (Lipinski definition) is 1. The summed E-state index contributed by atoms with van der Waals surface area (Å²) in [5.41, 5.74) is -1.33. The van der Waals surface area contributed by atoms with E-state index in [4.69, 9.17) is 5.11 Å². The maximum Gasteiger partial charge on any atom is 0.330 e. The van der Waals surface area contributed by atoms with Crippen LogP contribution in [0.25, 0.3) is 0 Å². The van der Waals surface area contributed by atoms with Crippen LogP contribution in [0.4, 0.5) is 22.0 Å². The summed E-state index contributed by atoms with van der Waals surface area (Å²) in [6.07, 6.45) is 0.157. The van der Waals surface area contributed by atoms with Crippen LogP contribution >= 0.6 is 0 Å². The Labute approximate surface area is 98.3 Å². The predicted molar refractivity (Wildman–Crippen MR) is 51.3 cm³/mol. The molecule has 0 spiro atoms. The van der Waals surface area contributed by atoms with E-state index in [2.05, 4.69) is 0 Å². The normalized spacial score (nSPS) is 11.8. The number of allylic oxidation sites excluding steroid dienone is 1. The largest absolute Gasteiger partial charge is 0.478 e. The molecular formula is C11H7F5O2. The van der Waals surface area contributed by atoms with Crippen molar-refractivity contribution in [2.75, 3.05) is 0 Å². The van der Waals surface area contributed by atoms with Gasteiger partial charge in [-0.3, -0.25) is 0 Å². The van der Waals surface area contributed by atoms with Crippen molar-refractivity contribution in [2.45, 2.75) is 13.3 Å². The van der Waals surface area contributed by atoms with Crippen molar-refractivity contribution in [3.63, 3.8) is 0 Å². The minimum absolute atomic E-state index is 0.265. The highest BCUT2D eigenvalue weighted by molar-refractivity contribution is 5.85. The second kappa shape index (κ2) is 5.16. The SMILES string of the molecule is C/C(=C\Cc1c(F)c(F)c(F)c(F)c1F)C(=O)O. The summed E-state index contributed by atoms with van der Waals surface area (Å²) < 4.78 is 64.6.